The number of aliphatic hydroxyl groups is 1. The number of hydrogen-bond donors (Lipinski definition) is 3. The van der Waals surface area contributed by atoms with Gasteiger partial charge in [0.1, 0.15) is 0 Å². The summed E-state index contributed by atoms with van der Waals surface area (Å²) >= 11 is 0. The number of carbonyl (C=O) groups is 2. The summed E-state index contributed by atoms with van der Waals surface area (Å²) in [5.74, 6) is -4.29. The van der Waals surface area contributed by atoms with Gasteiger partial charge in [0, 0.05) is 6.42 Å². The highest BCUT2D eigenvalue weighted by molar-refractivity contribution is 5.77. The topological polar surface area (TPSA) is 104 Å². The molecule has 6 heteroatoms. The zero-order chi connectivity index (χ0) is 11.2. The average Bonchev–Trinajstić information content (AvgIpc) is 2.03. The molecule has 0 amide bonds. The number of rotatable bonds is 6. The van der Waals surface area contributed by atoms with Crippen LogP contribution in [-0.4, -0.2) is 33.2 Å². The minimum Gasteiger partial charge on any atom is -0.476 e. The maximum Gasteiger partial charge on any atom is 0.508 e. The summed E-state index contributed by atoms with van der Waals surface area (Å²) in [5, 5.41) is 26.0. The van der Waals surface area contributed by atoms with Crippen molar-refractivity contribution >= 4 is 12.1 Å². The van der Waals surface area contributed by atoms with Gasteiger partial charge < -0.3 is 20.1 Å². The Labute approximate surface area is 81.1 Å². The Morgan fingerprint density at radius 3 is 2.21 bits per heavy atom. The smallest absolute Gasteiger partial charge is 0.476 e. The first kappa shape index (κ1) is 12.7. The van der Waals surface area contributed by atoms with Gasteiger partial charge in [-0.1, -0.05) is 19.8 Å². The van der Waals surface area contributed by atoms with Crippen LogP contribution in [0, 0.1) is 0 Å². The van der Waals surface area contributed by atoms with Gasteiger partial charge in [0.2, 0.25) is 0 Å². The fourth-order valence-electron chi connectivity index (χ4n) is 0.961. The van der Waals surface area contributed by atoms with E-state index in [1.54, 1.807) is 0 Å². The molecule has 0 aliphatic carbocycles. The Bertz CT molecular complexity index is 214. The lowest BCUT2D eigenvalue weighted by Crippen LogP contribution is -2.42. The molecule has 0 bridgehead atoms. The van der Waals surface area contributed by atoms with Gasteiger partial charge in [-0.05, 0) is 6.42 Å². The van der Waals surface area contributed by atoms with Crippen LogP contribution in [0.4, 0.5) is 4.79 Å². The highest BCUT2D eigenvalue weighted by atomic mass is 16.7. The summed E-state index contributed by atoms with van der Waals surface area (Å²) in [6, 6.07) is 0. The van der Waals surface area contributed by atoms with Gasteiger partial charge in [-0.25, -0.2) is 9.59 Å². The van der Waals surface area contributed by atoms with Crippen molar-refractivity contribution in [1.82, 2.24) is 0 Å². The molecule has 1 unspecified atom stereocenters. The van der Waals surface area contributed by atoms with Gasteiger partial charge in [-0.3, -0.25) is 0 Å². The third-order valence-corrected chi connectivity index (χ3v) is 1.71. The first-order chi connectivity index (χ1) is 6.42. The molecule has 0 saturated carbocycles. The Balaban J connectivity index is 4.24. The van der Waals surface area contributed by atoms with Crippen molar-refractivity contribution in [3.05, 3.63) is 0 Å². The molecule has 0 rings (SSSR count). The van der Waals surface area contributed by atoms with Crippen LogP contribution in [-0.2, 0) is 9.53 Å². The van der Waals surface area contributed by atoms with E-state index in [2.05, 4.69) is 4.74 Å². The van der Waals surface area contributed by atoms with Gasteiger partial charge in [-0.2, -0.15) is 0 Å². The molecule has 1 atom stereocenters. The van der Waals surface area contributed by atoms with E-state index >= 15 is 0 Å². The van der Waals surface area contributed by atoms with Gasteiger partial charge in [0.05, 0.1) is 0 Å². The molecule has 82 valence electrons. The Hall–Kier alpha value is -1.30. The largest absolute Gasteiger partial charge is 0.508 e. The molecule has 0 aromatic carbocycles. The first-order valence-corrected chi connectivity index (χ1v) is 4.30. The van der Waals surface area contributed by atoms with Crippen molar-refractivity contribution in [2.24, 2.45) is 0 Å². The average molecular weight is 206 g/mol. The monoisotopic (exact) mass is 206 g/mol. The predicted octanol–water partition coefficient (Wildman–Crippen LogP) is 1.03. The highest BCUT2D eigenvalue weighted by Crippen LogP contribution is 2.17. The lowest BCUT2D eigenvalue weighted by atomic mass is 10.1. The molecule has 0 spiro atoms. The van der Waals surface area contributed by atoms with Crippen LogP contribution < -0.4 is 0 Å². The zero-order valence-corrected chi connectivity index (χ0v) is 7.89. The van der Waals surface area contributed by atoms with Crippen LogP contribution in [0.15, 0.2) is 0 Å². The normalized spacial score (nSPS) is 14.4. The van der Waals surface area contributed by atoms with Crippen LogP contribution in [0.25, 0.3) is 0 Å². The summed E-state index contributed by atoms with van der Waals surface area (Å²) in [6.45, 7) is 1.90. The van der Waals surface area contributed by atoms with E-state index < -0.39 is 17.9 Å². The molecule has 6 nitrogen and oxygen atoms in total. The van der Waals surface area contributed by atoms with Crippen LogP contribution in [0.1, 0.15) is 32.6 Å². The molecule has 3 N–H and O–H groups in total. The molecular formula is C8H14O6. The molecule has 0 fully saturated rings. The SMILES string of the molecule is CCCCCC(O)(OC(=O)O)C(=O)O. The molecule has 14 heavy (non-hydrogen) atoms. The van der Waals surface area contributed by atoms with Gasteiger partial charge >= 0.3 is 17.9 Å². The van der Waals surface area contributed by atoms with E-state index in [4.69, 9.17) is 10.2 Å². The molecule has 0 heterocycles. The summed E-state index contributed by atoms with van der Waals surface area (Å²) in [5.41, 5.74) is 0. The van der Waals surface area contributed by atoms with Crippen LogP contribution >= 0.6 is 0 Å². The lowest BCUT2D eigenvalue weighted by molar-refractivity contribution is -0.210. The van der Waals surface area contributed by atoms with E-state index in [1.807, 2.05) is 6.92 Å². The van der Waals surface area contributed by atoms with Crippen LogP contribution in [0.5, 0.6) is 0 Å². The van der Waals surface area contributed by atoms with Crippen LogP contribution in [0.3, 0.4) is 0 Å². The molecule has 0 aliphatic rings. The second-order valence-corrected chi connectivity index (χ2v) is 2.91. The second-order valence-electron chi connectivity index (χ2n) is 2.91. The fraction of sp³-hybridized carbons (Fsp3) is 0.750. The minimum absolute atomic E-state index is 0.234. The van der Waals surface area contributed by atoms with E-state index in [0.717, 1.165) is 6.42 Å². The number of unbranched alkanes of at least 4 members (excludes halogenated alkanes) is 2. The van der Waals surface area contributed by atoms with Gasteiger partial charge in [0.25, 0.3) is 0 Å². The summed E-state index contributed by atoms with van der Waals surface area (Å²) in [6.07, 6.45) is -0.0949. The number of ether oxygens (including phenoxy) is 1. The Morgan fingerprint density at radius 1 is 1.29 bits per heavy atom. The maximum absolute atomic E-state index is 10.5. The first-order valence-electron chi connectivity index (χ1n) is 4.30. The molecule has 0 aromatic heterocycles. The molecule has 0 aromatic rings. The molecular weight excluding hydrogens is 192 g/mol. The van der Waals surface area contributed by atoms with Crippen molar-refractivity contribution in [3.8, 4) is 0 Å². The number of hydrogen-bond acceptors (Lipinski definition) is 4. The van der Waals surface area contributed by atoms with E-state index in [-0.39, 0.29) is 6.42 Å². The van der Waals surface area contributed by atoms with E-state index in [1.165, 1.54) is 0 Å². The van der Waals surface area contributed by atoms with E-state index in [9.17, 15) is 14.7 Å². The highest BCUT2D eigenvalue weighted by Gasteiger charge is 2.40. The Morgan fingerprint density at radius 2 is 1.86 bits per heavy atom. The quantitative estimate of drug-likeness (QED) is 0.340. The van der Waals surface area contributed by atoms with E-state index in [0.29, 0.717) is 12.8 Å². The van der Waals surface area contributed by atoms with Crippen molar-refractivity contribution in [1.29, 1.82) is 0 Å². The predicted molar refractivity (Wildman–Crippen MR) is 45.8 cm³/mol. The Kier molecular flexibility index (Phi) is 4.93. The van der Waals surface area contributed by atoms with Crippen molar-refractivity contribution in [3.63, 3.8) is 0 Å². The van der Waals surface area contributed by atoms with Crippen LogP contribution in [0.2, 0.25) is 0 Å². The summed E-state index contributed by atoms with van der Waals surface area (Å²) in [7, 11) is 0. The van der Waals surface area contributed by atoms with Crippen molar-refractivity contribution in [2.45, 2.75) is 38.4 Å². The fourth-order valence-corrected chi connectivity index (χ4v) is 0.961. The second kappa shape index (κ2) is 5.43. The zero-order valence-electron chi connectivity index (χ0n) is 7.89. The number of aliphatic carboxylic acids is 1. The third-order valence-electron chi connectivity index (χ3n) is 1.71. The van der Waals surface area contributed by atoms with Gasteiger partial charge in [0.15, 0.2) is 0 Å². The number of carboxylic acids is 1. The standard InChI is InChI=1S/C8H14O6/c1-2-3-4-5-8(13,6(9)10)14-7(11)12/h13H,2-5H2,1H3,(H,9,10)(H,11,12). The summed E-state index contributed by atoms with van der Waals surface area (Å²) in [4.78, 5) is 20.6. The number of carboxylic acid groups (broad SMARTS) is 2. The molecule has 0 aliphatic heterocycles. The molecule has 0 saturated heterocycles. The third kappa shape index (κ3) is 4.08. The lowest BCUT2D eigenvalue weighted by Gasteiger charge is -2.21. The maximum atomic E-state index is 10.5. The minimum atomic E-state index is -2.61. The summed E-state index contributed by atoms with van der Waals surface area (Å²) < 4.78 is 3.92. The van der Waals surface area contributed by atoms with Crippen molar-refractivity contribution in [2.75, 3.05) is 0 Å². The molecule has 0 radical (unpaired) electrons. The van der Waals surface area contributed by atoms with Gasteiger partial charge in [-0.15, -0.1) is 0 Å². The van der Waals surface area contributed by atoms with Crippen molar-refractivity contribution < 1.29 is 29.6 Å².